The standard InChI is InChI=1S/C8H10ClN2O/c1-2-7(10)12-8-5-3-4-6(9)11-8/h2-5,7H,10H2,1H3. The fraction of sp³-hybridized carbons (Fsp3) is 0.250. The molecule has 0 saturated heterocycles. The zero-order valence-electron chi connectivity index (χ0n) is 6.70. The van der Waals surface area contributed by atoms with Crippen LogP contribution in [0.3, 0.4) is 0 Å². The number of ether oxygens (including phenoxy) is 1. The van der Waals surface area contributed by atoms with Crippen LogP contribution in [-0.4, -0.2) is 11.2 Å². The molecule has 1 radical (unpaired) electrons. The molecule has 1 heterocycles. The predicted molar refractivity (Wildman–Crippen MR) is 47.8 cm³/mol. The van der Waals surface area contributed by atoms with Gasteiger partial charge >= 0.3 is 0 Å². The molecule has 0 aliphatic carbocycles. The van der Waals surface area contributed by atoms with Crippen molar-refractivity contribution >= 4 is 11.6 Å². The molecule has 1 aromatic heterocycles. The molecule has 0 fully saturated rings. The molecule has 0 spiro atoms. The molecule has 1 aromatic rings. The first-order valence-electron chi connectivity index (χ1n) is 3.56. The van der Waals surface area contributed by atoms with Gasteiger partial charge in [-0.3, -0.25) is 5.73 Å². The fourth-order valence-electron chi connectivity index (χ4n) is 0.663. The third kappa shape index (κ3) is 2.68. The van der Waals surface area contributed by atoms with E-state index in [2.05, 4.69) is 4.98 Å². The molecule has 0 aliphatic rings. The van der Waals surface area contributed by atoms with E-state index in [9.17, 15) is 0 Å². The summed E-state index contributed by atoms with van der Waals surface area (Å²) in [7, 11) is 0. The number of aromatic nitrogens is 1. The Hall–Kier alpha value is -0.800. The molecule has 12 heavy (non-hydrogen) atoms. The van der Waals surface area contributed by atoms with Crippen molar-refractivity contribution < 1.29 is 4.74 Å². The smallest absolute Gasteiger partial charge is 0.216 e. The van der Waals surface area contributed by atoms with Crippen molar-refractivity contribution in [3.63, 3.8) is 0 Å². The average Bonchev–Trinajstić information content (AvgIpc) is 2.04. The molecule has 3 nitrogen and oxygen atoms in total. The van der Waals surface area contributed by atoms with Gasteiger partial charge in [0.25, 0.3) is 0 Å². The van der Waals surface area contributed by atoms with Gasteiger partial charge in [-0.25, -0.2) is 4.98 Å². The van der Waals surface area contributed by atoms with Crippen LogP contribution in [0.1, 0.15) is 6.92 Å². The van der Waals surface area contributed by atoms with Crippen molar-refractivity contribution in [2.45, 2.75) is 13.2 Å². The molecule has 65 valence electrons. The van der Waals surface area contributed by atoms with E-state index in [1.54, 1.807) is 24.6 Å². The number of hydrogen-bond acceptors (Lipinski definition) is 3. The first-order valence-corrected chi connectivity index (χ1v) is 3.94. The molecule has 0 bridgehead atoms. The first kappa shape index (κ1) is 9.29. The predicted octanol–water partition coefficient (Wildman–Crippen LogP) is 1.62. The summed E-state index contributed by atoms with van der Waals surface area (Å²) in [4.78, 5) is 3.90. The van der Waals surface area contributed by atoms with E-state index in [4.69, 9.17) is 22.1 Å². The van der Waals surface area contributed by atoms with Crippen molar-refractivity contribution in [2.75, 3.05) is 0 Å². The molecule has 0 aromatic carbocycles. The van der Waals surface area contributed by atoms with Crippen LogP contribution in [0.15, 0.2) is 18.2 Å². The number of nitrogens with zero attached hydrogens (tertiary/aromatic N) is 1. The van der Waals surface area contributed by atoms with Crippen molar-refractivity contribution in [3.05, 3.63) is 29.8 Å². The second-order valence-electron chi connectivity index (χ2n) is 2.21. The monoisotopic (exact) mass is 185 g/mol. The highest BCUT2D eigenvalue weighted by atomic mass is 35.5. The first-order chi connectivity index (χ1) is 5.72. The minimum atomic E-state index is -0.434. The molecule has 0 amide bonds. The van der Waals surface area contributed by atoms with Crippen molar-refractivity contribution in [1.82, 2.24) is 4.98 Å². The summed E-state index contributed by atoms with van der Waals surface area (Å²) in [6.07, 6.45) is 1.29. The summed E-state index contributed by atoms with van der Waals surface area (Å²) in [5.74, 6) is 0.438. The van der Waals surface area contributed by atoms with Crippen LogP contribution in [0.25, 0.3) is 0 Å². The second kappa shape index (κ2) is 4.28. The lowest BCUT2D eigenvalue weighted by Crippen LogP contribution is -2.26. The van der Waals surface area contributed by atoms with Gasteiger partial charge in [-0.05, 0) is 6.07 Å². The maximum Gasteiger partial charge on any atom is 0.216 e. The molecule has 1 unspecified atom stereocenters. The minimum Gasteiger partial charge on any atom is -0.458 e. The lowest BCUT2D eigenvalue weighted by molar-refractivity contribution is 0.232. The molecular formula is C8H10ClN2O. The van der Waals surface area contributed by atoms with Crippen LogP contribution < -0.4 is 10.5 Å². The van der Waals surface area contributed by atoms with E-state index in [0.29, 0.717) is 11.0 Å². The number of hydrogen-bond donors (Lipinski definition) is 1. The zero-order chi connectivity index (χ0) is 8.97. The van der Waals surface area contributed by atoms with E-state index < -0.39 is 6.23 Å². The van der Waals surface area contributed by atoms with Crippen LogP contribution in [0.4, 0.5) is 0 Å². The Morgan fingerprint density at radius 1 is 1.67 bits per heavy atom. The summed E-state index contributed by atoms with van der Waals surface area (Å²) >= 11 is 5.63. The topological polar surface area (TPSA) is 48.1 Å². The average molecular weight is 186 g/mol. The fourth-order valence-corrected chi connectivity index (χ4v) is 0.819. The lowest BCUT2D eigenvalue weighted by atomic mass is 10.4. The SMILES string of the molecule is C[CH]C(N)Oc1cccc(Cl)n1. The molecule has 0 saturated carbocycles. The Morgan fingerprint density at radius 2 is 2.42 bits per heavy atom. The molecule has 2 N–H and O–H groups in total. The molecular weight excluding hydrogens is 176 g/mol. The normalized spacial score (nSPS) is 12.6. The van der Waals surface area contributed by atoms with Crippen molar-refractivity contribution in [2.24, 2.45) is 5.73 Å². The van der Waals surface area contributed by atoms with E-state index in [-0.39, 0.29) is 0 Å². The minimum absolute atomic E-state index is 0.399. The summed E-state index contributed by atoms with van der Waals surface area (Å²) in [6.45, 7) is 1.81. The molecule has 1 atom stereocenters. The van der Waals surface area contributed by atoms with Gasteiger partial charge in [0.1, 0.15) is 5.15 Å². The largest absolute Gasteiger partial charge is 0.458 e. The quantitative estimate of drug-likeness (QED) is 0.575. The van der Waals surface area contributed by atoms with Crippen LogP contribution in [0.5, 0.6) is 5.88 Å². The Balaban J connectivity index is 2.63. The van der Waals surface area contributed by atoms with E-state index in [1.807, 2.05) is 6.92 Å². The summed E-state index contributed by atoms with van der Waals surface area (Å²) in [5.41, 5.74) is 5.49. The molecule has 1 rings (SSSR count). The van der Waals surface area contributed by atoms with Gasteiger partial charge in [0.05, 0.1) is 0 Å². The maximum absolute atomic E-state index is 5.63. The third-order valence-electron chi connectivity index (χ3n) is 1.27. The highest BCUT2D eigenvalue weighted by Gasteiger charge is 2.01. The number of rotatable bonds is 3. The van der Waals surface area contributed by atoms with Crippen molar-refractivity contribution in [3.8, 4) is 5.88 Å². The van der Waals surface area contributed by atoms with Gasteiger partial charge in [-0.1, -0.05) is 24.6 Å². The van der Waals surface area contributed by atoms with E-state index >= 15 is 0 Å². The Kier molecular flexibility index (Phi) is 3.31. The summed E-state index contributed by atoms with van der Waals surface area (Å²) < 4.78 is 5.17. The maximum atomic E-state index is 5.63. The Morgan fingerprint density at radius 3 is 3.00 bits per heavy atom. The van der Waals surface area contributed by atoms with Crippen LogP contribution in [0, 0.1) is 6.42 Å². The second-order valence-corrected chi connectivity index (χ2v) is 2.60. The lowest BCUT2D eigenvalue weighted by Gasteiger charge is -2.10. The Bertz CT molecular complexity index is 255. The summed E-state index contributed by atoms with van der Waals surface area (Å²) in [6, 6.07) is 5.14. The van der Waals surface area contributed by atoms with Gasteiger partial charge < -0.3 is 4.74 Å². The van der Waals surface area contributed by atoms with Crippen LogP contribution >= 0.6 is 11.6 Å². The number of halogens is 1. The van der Waals surface area contributed by atoms with Gasteiger partial charge in [0.15, 0.2) is 6.23 Å². The van der Waals surface area contributed by atoms with Crippen LogP contribution in [0.2, 0.25) is 5.15 Å². The molecule has 0 aliphatic heterocycles. The van der Waals surface area contributed by atoms with E-state index in [1.165, 1.54) is 0 Å². The highest BCUT2D eigenvalue weighted by Crippen LogP contribution is 2.12. The molecule has 4 heteroatoms. The Labute approximate surface area is 76.5 Å². The van der Waals surface area contributed by atoms with Gasteiger partial charge in [-0.2, -0.15) is 0 Å². The third-order valence-corrected chi connectivity index (χ3v) is 1.49. The van der Waals surface area contributed by atoms with Crippen LogP contribution in [-0.2, 0) is 0 Å². The number of pyridine rings is 1. The van der Waals surface area contributed by atoms with E-state index in [0.717, 1.165) is 0 Å². The van der Waals surface area contributed by atoms with Crippen molar-refractivity contribution in [1.29, 1.82) is 0 Å². The van der Waals surface area contributed by atoms with Gasteiger partial charge in [0.2, 0.25) is 5.88 Å². The zero-order valence-corrected chi connectivity index (χ0v) is 7.45. The van der Waals surface area contributed by atoms with Gasteiger partial charge in [-0.15, -0.1) is 0 Å². The highest BCUT2D eigenvalue weighted by molar-refractivity contribution is 6.29. The van der Waals surface area contributed by atoms with Gasteiger partial charge in [0, 0.05) is 12.5 Å². The summed E-state index contributed by atoms with van der Waals surface area (Å²) in [5, 5.41) is 0.399. The number of nitrogens with two attached hydrogens (primary N) is 1.